The molecule has 0 radical (unpaired) electrons. The number of hydrogen-bond donors (Lipinski definition) is 2. The van der Waals surface area contributed by atoms with E-state index >= 15 is 0 Å². The van der Waals surface area contributed by atoms with Gasteiger partial charge < -0.3 is 9.84 Å². The van der Waals surface area contributed by atoms with Gasteiger partial charge in [-0.25, -0.2) is 14.5 Å². The molecule has 124 valence electrons. The van der Waals surface area contributed by atoms with Gasteiger partial charge >= 0.3 is 6.03 Å². The maximum Gasteiger partial charge on any atom is 0.321 e. The molecule has 3 rings (SSSR count). The van der Waals surface area contributed by atoms with Crippen molar-refractivity contribution in [2.45, 2.75) is 20.0 Å². The Morgan fingerprint density at radius 3 is 2.83 bits per heavy atom. The van der Waals surface area contributed by atoms with Crippen molar-refractivity contribution in [3.8, 4) is 0 Å². The molecule has 0 bridgehead atoms. The fourth-order valence-electron chi connectivity index (χ4n) is 2.02. The number of aromatic nitrogens is 4. The van der Waals surface area contributed by atoms with Crippen LogP contribution in [0.25, 0.3) is 0 Å². The number of rotatable bonds is 5. The van der Waals surface area contributed by atoms with Crippen LogP contribution in [-0.2, 0) is 13.1 Å². The molecular formula is C15H15ClN6O2. The number of urea groups is 1. The van der Waals surface area contributed by atoms with Gasteiger partial charge in [-0.05, 0) is 24.6 Å². The highest BCUT2D eigenvalue weighted by Crippen LogP contribution is 2.10. The second-order valence-electron chi connectivity index (χ2n) is 5.13. The number of carbonyl (C=O) groups is 1. The first-order valence-corrected chi connectivity index (χ1v) is 7.57. The highest BCUT2D eigenvalue weighted by molar-refractivity contribution is 6.30. The lowest BCUT2D eigenvalue weighted by molar-refractivity contribution is 0.251. The summed E-state index contributed by atoms with van der Waals surface area (Å²) in [5, 5.41) is 13.9. The molecule has 9 heteroatoms. The van der Waals surface area contributed by atoms with E-state index in [0.29, 0.717) is 23.0 Å². The molecule has 0 fully saturated rings. The largest absolute Gasteiger partial charge is 0.361 e. The van der Waals surface area contributed by atoms with Crippen molar-refractivity contribution in [3.63, 3.8) is 0 Å². The second-order valence-corrected chi connectivity index (χ2v) is 5.57. The molecule has 0 saturated carbocycles. The summed E-state index contributed by atoms with van der Waals surface area (Å²) in [5.74, 6) is 0.910. The zero-order chi connectivity index (χ0) is 16.9. The van der Waals surface area contributed by atoms with Gasteiger partial charge in [0.15, 0.2) is 0 Å². The lowest BCUT2D eigenvalue weighted by atomic mass is 10.2. The van der Waals surface area contributed by atoms with Crippen molar-refractivity contribution in [1.29, 1.82) is 0 Å². The van der Waals surface area contributed by atoms with E-state index < -0.39 is 6.03 Å². The summed E-state index contributed by atoms with van der Waals surface area (Å²) >= 11 is 5.85. The van der Waals surface area contributed by atoms with Crippen molar-refractivity contribution in [2.24, 2.45) is 0 Å². The van der Waals surface area contributed by atoms with Crippen LogP contribution in [0, 0.1) is 6.92 Å². The number of anilines is 1. The Labute approximate surface area is 142 Å². The first-order chi connectivity index (χ1) is 11.6. The first-order valence-electron chi connectivity index (χ1n) is 7.19. The molecule has 0 aliphatic carbocycles. The van der Waals surface area contributed by atoms with Crippen LogP contribution < -0.4 is 10.6 Å². The van der Waals surface area contributed by atoms with Crippen molar-refractivity contribution in [1.82, 2.24) is 25.2 Å². The van der Waals surface area contributed by atoms with Crippen LogP contribution in [0.1, 0.15) is 17.0 Å². The summed E-state index contributed by atoms with van der Waals surface area (Å²) in [4.78, 5) is 15.9. The molecule has 0 aliphatic heterocycles. The van der Waals surface area contributed by atoms with E-state index in [0.717, 1.165) is 5.56 Å². The summed E-state index contributed by atoms with van der Waals surface area (Å²) in [6.45, 7) is 2.58. The smallest absolute Gasteiger partial charge is 0.321 e. The minimum Gasteiger partial charge on any atom is -0.361 e. The number of benzene rings is 1. The number of carbonyl (C=O) groups excluding carboxylic acids is 1. The van der Waals surface area contributed by atoms with Crippen molar-refractivity contribution in [2.75, 3.05) is 5.32 Å². The number of aryl methyl sites for hydroxylation is 1. The quantitative estimate of drug-likeness (QED) is 0.740. The zero-order valence-corrected chi connectivity index (χ0v) is 13.6. The molecule has 8 nitrogen and oxygen atoms in total. The van der Waals surface area contributed by atoms with Gasteiger partial charge in [0.05, 0.1) is 13.1 Å². The molecule has 0 spiro atoms. The third kappa shape index (κ3) is 4.32. The Kier molecular flexibility index (Phi) is 4.76. The first kappa shape index (κ1) is 16.0. The van der Waals surface area contributed by atoms with Gasteiger partial charge in [0.1, 0.15) is 17.8 Å². The van der Waals surface area contributed by atoms with E-state index in [-0.39, 0.29) is 12.5 Å². The van der Waals surface area contributed by atoms with Crippen LogP contribution in [-0.4, -0.2) is 26.0 Å². The average molecular weight is 347 g/mol. The Balaban J connectivity index is 1.51. The highest BCUT2D eigenvalue weighted by Gasteiger charge is 2.08. The molecule has 1 aromatic carbocycles. The monoisotopic (exact) mass is 346 g/mol. The number of hydrogen-bond acceptors (Lipinski definition) is 5. The SMILES string of the molecule is Cc1cc(CNC(=O)Nc2ncn(Cc3ccc(Cl)cc3)n2)no1. The summed E-state index contributed by atoms with van der Waals surface area (Å²) in [5.41, 5.74) is 1.67. The van der Waals surface area contributed by atoms with Gasteiger partial charge in [-0.3, -0.25) is 5.32 Å². The maximum atomic E-state index is 11.8. The lowest BCUT2D eigenvalue weighted by Gasteiger charge is -2.03. The van der Waals surface area contributed by atoms with E-state index in [4.69, 9.17) is 16.1 Å². The molecule has 0 unspecified atom stereocenters. The molecule has 2 amide bonds. The molecule has 2 aromatic heterocycles. The van der Waals surface area contributed by atoms with Crippen LogP contribution in [0.5, 0.6) is 0 Å². The topological polar surface area (TPSA) is 97.9 Å². The van der Waals surface area contributed by atoms with E-state index in [9.17, 15) is 4.79 Å². The van der Waals surface area contributed by atoms with Crippen molar-refractivity contribution < 1.29 is 9.32 Å². The average Bonchev–Trinajstić information content (AvgIpc) is 3.17. The molecule has 2 N–H and O–H groups in total. The summed E-state index contributed by atoms with van der Waals surface area (Å²) in [7, 11) is 0. The zero-order valence-electron chi connectivity index (χ0n) is 12.9. The predicted molar refractivity (Wildman–Crippen MR) is 87.7 cm³/mol. The number of amides is 2. The number of halogens is 1. The van der Waals surface area contributed by atoms with E-state index in [1.165, 1.54) is 0 Å². The normalized spacial score (nSPS) is 10.6. The van der Waals surface area contributed by atoms with Crippen LogP contribution in [0.15, 0.2) is 41.2 Å². The molecule has 24 heavy (non-hydrogen) atoms. The number of nitrogens with zero attached hydrogens (tertiary/aromatic N) is 4. The van der Waals surface area contributed by atoms with Crippen LogP contribution in [0.2, 0.25) is 5.02 Å². The molecule has 0 saturated heterocycles. The van der Waals surface area contributed by atoms with Gasteiger partial charge in [-0.15, -0.1) is 5.10 Å². The fraction of sp³-hybridized carbons (Fsp3) is 0.200. The Hall–Kier alpha value is -2.87. The van der Waals surface area contributed by atoms with Gasteiger partial charge in [0.25, 0.3) is 0 Å². The third-order valence-electron chi connectivity index (χ3n) is 3.13. The Bertz CT molecular complexity index is 827. The predicted octanol–water partition coefficient (Wildman–Crippen LogP) is 2.60. The van der Waals surface area contributed by atoms with Crippen molar-refractivity contribution >= 4 is 23.6 Å². The van der Waals surface area contributed by atoms with E-state index in [2.05, 4.69) is 25.9 Å². The minimum atomic E-state index is -0.417. The lowest BCUT2D eigenvalue weighted by Crippen LogP contribution is -2.28. The van der Waals surface area contributed by atoms with E-state index in [1.807, 2.05) is 24.3 Å². The Morgan fingerprint density at radius 2 is 2.12 bits per heavy atom. The van der Waals surface area contributed by atoms with Crippen LogP contribution in [0.4, 0.5) is 10.7 Å². The maximum absolute atomic E-state index is 11.8. The van der Waals surface area contributed by atoms with Gasteiger partial charge in [-0.2, -0.15) is 0 Å². The highest BCUT2D eigenvalue weighted by atomic mass is 35.5. The fourth-order valence-corrected chi connectivity index (χ4v) is 2.15. The van der Waals surface area contributed by atoms with Crippen LogP contribution >= 0.6 is 11.6 Å². The molecule has 2 heterocycles. The van der Waals surface area contributed by atoms with Crippen LogP contribution in [0.3, 0.4) is 0 Å². The van der Waals surface area contributed by atoms with Gasteiger partial charge in [0.2, 0.25) is 5.95 Å². The molecule has 0 atom stereocenters. The van der Waals surface area contributed by atoms with Gasteiger partial charge in [0, 0.05) is 11.1 Å². The van der Waals surface area contributed by atoms with Gasteiger partial charge in [-0.1, -0.05) is 28.9 Å². The standard InChI is InChI=1S/C15H15ClN6O2/c1-10-6-13(21-24-10)7-17-15(23)19-14-18-9-22(20-14)8-11-2-4-12(16)5-3-11/h2-6,9H,7-8H2,1H3,(H2,17,19,20,23). The minimum absolute atomic E-state index is 0.220. The molecule has 3 aromatic rings. The van der Waals surface area contributed by atoms with E-state index in [1.54, 1.807) is 24.0 Å². The second kappa shape index (κ2) is 7.14. The molecular weight excluding hydrogens is 332 g/mol. The Morgan fingerprint density at radius 1 is 1.33 bits per heavy atom. The summed E-state index contributed by atoms with van der Waals surface area (Å²) < 4.78 is 6.55. The molecule has 0 aliphatic rings. The third-order valence-corrected chi connectivity index (χ3v) is 3.38. The number of nitrogens with one attached hydrogen (secondary N) is 2. The summed E-state index contributed by atoms with van der Waals surface area (Å²) in [6, 6.07) is 8.77. The summed E-state index contributed by atoms with van der Waals surface area (Å²) in [6.07, 6.45) is 1.55. The van der Waals surface area contributed by atoms with Crippen molar-refractivity contribution in [3.05, 3.63) is 58.7 Å².